The van der Waals surface area contributed by atoms with Crippen molar-refractivity contribution in [2.24, 2.45) is 5.41 Å². The van der Waals surface area contributed by atoms with Crippen LogP contribution in [0, 0.1) is 12.3 Å². The molecule has 0 atom stereocenters. The molecule has 0 unspecified atom stereocenters. The summed E-state index contributed by atoms with van der Waals surface area (Å²) < 4.78 is 1.57. The van der Waals surface area contributed by atoms with Gasteiger partial charge in [-0.1, -0.05) is 0 Å². The fourth-order valence-corrected chi connectivity index (χ4v) is 1.09. The van der Waals surface area contributed by atoms with Crippen molar-refractivity contribution < 1.29 is 9.90 Å². The number of aryl methyl sites for hydroxylation is 1. The third-order valence-corrected chi connectivity index (χ3v) is 2.12. The first-order valence-corrected chi connectivity index (χ1v) is 4.36. The molecule has 14 heavy (non-hydrogen) atoms. The van der Waals surface area contributed by atoms with Crippen LogP contribution in [-0.4, -0.2) is 20.9 Å². The summed E-state index contributed by atoms with van der Waals surface area (Å²) in [7, 11) is 0. The summed E-state index contributed by atoms with van der Waals surface area (Å²) in [6, 6.07) is 0. The molecule has 78 valence electrons. The number of nitrogens with zero attached hydrogens (tertiary/aromatic N) is 2. The number of hydrogen-bond donors (Lipinski definition) is 2. The molecule has 0 aliphatic carbocycles. The predicted octanol–water partition coefficient (Wildman–Crippen LogP) is 0.885. The zero-order valence-corrected chi connectivity index (χ0v) is 8.61. The molecule has 0 aromatic carbocycles. The highest BCUT2D eigenvalue weighted by molar-refractivity contribution is 5.73. The lowest BCUT2D eigenvalue weighted by Gasteiger charge is -2.18. The van der Waals surface area contributed by atoms with E-state index in [-0.39, 0.29) is 0 Å². The highest BCUT2D eigenvalue weighted by Crippen LogP contribution is 2.19. The Labute approximate surface area is 82.5 Å². The highest BCUT2D eigenvalue weighted by Gasteiger charge is 2.28. The Morgan fingerprint density at radius 3 is 2.64 bits per heavy atom. The Bertz CT molecular complexity index is 335. The Hall–Kier alpha value is -1.52. The zero-order valence-electron chi connectivity index (χ0n) is 8.61. The monoisotopic (exact) mass is 197 g/mol. The van der Waals surface area contributed by atoms with Crippen molar-refractivity contribution in [3.8, 4) is 0 Å². The standard InChI is InChI=1S/C9H15N3O2/c1-6-4-12(11-7(6)10)5-9(2,3)8(13)14/h4H,5H2,1-3H3,(H2,10,11)(H,13,14). The average Bonchev–Trinajstić information content (AvgIpc) is 2.29. The molecule has 0 radical (unpaired) electrons. The molecule has 0 spiro atoms. The van der Waals surface area contributed by atoms with Crippen LogP contribution in [0.2, 0.25) is 0 Å². The number of anilines is 1. The van der Waals surface area contributed by atoms with E-state index in [0.717, 1.165) is 5.56 Å². The van der Waals surface area contributed by atoms with E-state index < -0.39 is 11.4 Å². The molecule has 0 saturated carbocycles. The number of aromatic nitrogens is 2. The van der Waals surface area contributed by atoms with E-state index in [0.29, 0.717) is 12.4 Å². The van der Waals surface area contributed by atoms with Gasteiger partial charge in [-0.05, 0) is 20.8 Å². The molecule has 0 fully saturated rings. The van der Waals surface area contributed by atoms with Crippen molar-refractivity contribution in [1.29, 1.82) is 0 Å². The van der Waals surface area contributed by atoms with Crippen LogP contribution in [-0.2, 0) is 11.3 Å². The van der Waals surface area contributed by atoms with E-state index in [2.05, 4.69) is 5.10 Å². The average molecular weight is 197 g/mol. The van der Waals surface area contributed by atoms with Gasteiger partial charge in [0.2, 0.25) is 0 Å². The van der Waals surface area contributed by atoms with Crippen molar-refractivity contribution in [3.05, 3.63) is 11.8 Å². The molecule has 5 heteroatoms. The van der Waals surface area contributed by atoms with Crippen molar-refractivity contribution >= 4 is 11.8 Å². The maximum absolute atomic E-state index is 10.8. The fourth-order valence-electron chi connectivity index (χ4n) is 1.09. The molecule has 0 bridgehead atoms. The number of nitrogens with two attached hydrogens (primary N) is 1. The van der Waals surface area contributed by atoms with Gasteiger partial charge in [0.25, 0.3) is 0 Å². The van der Waals surface area contributed by atoms with Crippen LogP contribution < -0.4 is 5.73 Å². The van der Waals surface area contributed by atoms with Crippen molar-refractivity contribution in [3.63, 3.8) is 0 Å². The number of carboxylic acids is 1. The van der Waals surface area contributed by atoms with E-state index in [1.165, 1.54) is 0 Å². The van der Waals surface area contributed by atoms with Gasteiger partial charge in [0.1, 0.15) is 5.82 Å². The topological polar surface area (TPSA) is 81.1 Å². The van der Waals surface area contributed by atoms with Gasteiger partial charge >= 0.3 is 5.97 Å². The summed E-state index contributed by atoms with van der Waals surface area (Å²) in [4.78, 5) is 10.8. The Morgan fingerprint density at radius 2 is 2.29 bits per heavy atom. The summed E-state index contributed by atoms with van der Waals surface area (Å²) >= 11 is 0. The summed E-state index contributed by atoms with van der Waals surface area (Å²) in [6.07, 6.45) is 1.75. The normalized spacial score (nSPS) is 11.6. The highest BCUT2D eigenvalue weighted by atomic mass is 16.4. The van der Waals surface area contributed by atoms with Gasteiger partial charge in [0.05, 0.1) is 12.0 Å². The first-order chi connectivity index (χ1) is 6.33. The molecule has 3 N–H and O–H groups in total. The van der Waals surface area contributed by atoms with E-state index in [1.54, 1.807) is 24.7 Å². The first-order valence-electron chi connectivity index (χ1n) is 4.36. The van der Waals surface area contributed by atoms with Crippen molar-refractivity contribution in [2.45, 2.75) is 27.3 Å². The molecular weight excluding hydrogens is 182 g/mol. The number of carboxylic acid groups (broad SMARTS) is 1. The number of carbonyl (C=O) groups is 1. The minimum atomic E-state index is -0.843. The second kappa shape index (κ2) is 3.32. The quantitative estimate of drug-likeness (QED) is 0.753. The number of hydrogen-bond acceptors (Lipinski definition) is 3. The van der Waals surface area contributed by atoms with Gasteiger partial charge < -0.3 is 10.8 Å². The van der Waals surface area contributed by atoms with Crippen LogP contribution in [0.15, 0.2) is 6.20 Å². The van der Waals surface area contributed by atoms with Crippen LogP contribution in [0.25, 0.3) is 0 Å². The maximum atomic E-state index is 10.8. The molecule has 0 aliphatic rings. The molecule has 0 amide bonds. The molecular formula is C9H15N3O2. The Kier molecular flexibility index (Phi) is 2.51. The first kappa shape index (κ1) is 10.6. The van der Waals surface area contributed by atoms with Crippen LogP contribution >= 0.6 is 0 Å². The number of aliphatic carboxylic acids is 1. The van der Waals surface area contributed by atoms with Crippen molar-refractivity contribution in [1.82, 2.24) is 9.78 Å². The van der Waals surface area contributed by atoms with E-state index >= 15 is 0 Å². The lowest BCUT2D eigenvalue weighted by Crippen LogP contribution is -2.29. The number of nitrogen functional groups attached to an aromatic ring is 1. The lowest BCUT2D eigenvalue weighted by atomic mass is 9.94. The fraction of sp³-hybridized carbons (Fsp3) is 0.556. The van der Waals surface area contributed by atoms with Gasteiger partial charge in [-0.25, -0.2) is 0 Å². The van der Waals surface area contributed by atoms with Gasteiger partial charge in [0.15, 0.2) is 0 Å². The van der Waals surface area contributed by atoms with E-state index in [9.17, 15) is 4.79 Å². The van der Waals surface area contributed by atoms with Crippen LogP contribution in [0.3, 0.4) is 0 Å². The van der Waals surface area contributed by atoms with Crippen LogP contribution in [0.5, 0.6) is 0 Å². The predicted molar refractivity (Wildman–Crippen MR) is 52.8 cm³/mol. The molecule has 1 heterocycles. The second-order valence-electron chi connectivity index (χ2n) is 4.08. The number of rotatable bonds is 3. The maximum Gasteiger partial charge on any atom is 0.310 e. The summed E-state index contributed by atoms with van der Waals surface area (Å²) in [5.74, 6) is -0.393. The van der Waals surface area contributed by atoms with Crippen molar-refractivity contribution in [2.75, 3.05) is 5.73 Å². The lowest BCUT2D eigenvalue weighted by molar-refractivity contribution is -0.147. The Balaban J connectivity index is 2.84. The molecule has 5 nitrogen and oxygen atoms in total. The van der Waals surface area contributed by atoms with Gasteiger partial charge in [0, 0.05) is 11.8 Å². The van der Waals surface area contributed by atoms with E-state index in [1.807, 2.05) is 6.92 Å². The van der Waals surface area contributed by atoms with Gasteiger partial charge in [-0.15, -0.1) is 0 Å². The Morgan fingerprint density at radius 1 is 1.71 bits per heavy atom. The van der Waals surface area contributed by atoms with Crippen LogP contribution in [0.1, 0.15) is 19.4 Å². The summed E-state index contributed by atoms with van der Waals surface area (Å²) in [5.41, 5.74) is 5.59. The molecule has 1 aromatic rings. The second-order valence-corrected chi connectivity index (χ2v) is 4.08. The molecule has 0 saturated heterocycles. The molecule has 0 aliphatic heterocycles. The molecule has 1 rings (SSSR count). The smallest absolute Gasteiger partial charge is 0.310 e. The minimum absolute atomic E-state index is 0.320. The zero-order chi connectivity index (χ0) is 10.9. The molecule has 1 aromatic heterocycles. The third-order valence-electron chi connectivity index (χ3n) is 2.12. The van der Waals surface area contributed by atoms with Gasteiger partial charge in [-0.2, -0.15) is 5.10 Å². The van der Waals surface area contributed by atoms with E-state index in [4.69, 9.17) is 10.8 Å². The van der Waals surface area contributed by atoms with Gasteiger partial charge in [-0.3, -0.25) is 9.48 Å². The summed E-state index contributed by atoms with van der Waals surface area (Å²) in [5, 5.41) is 12.9. The van der Waals surface area contributed by atoms with Crippen LogP contribution in [0.4, 0.5) is 5.82 Å². The largest absolute Gasteiger partial charge is 0.481 e. The summed E-state index contributed by atoms with van der Waals surface area (Å²) in [6.45, 7) is 5.47. The SMILES string of the molecule is Cc1cn(CC(C)(C)C(=O)O)nc1N. The third kappa shape index (κ3) is 2.04. The minimum Gasteiger partial charge on any atom is -0.481 e.